The molecule has 0 atom stereocenters. The highest BCUT2D eigenvalue weighted by Crippen LogP contribution is 2.36. The third-order valence-corrected chi connectivity index (χ3v) is 3.66. The number of benzene rings is 2. The molecule has 0 radical (unpaired) electrons. The Balaban J connectivity index is 2.10. The van der Waals surface area contributed by atoms with Gasteiger partial charge in [0.2, 0.25) is 0 Å². The van der Waals surface area contributed by atoms with Gasteiger partial charge in [0.25, 0.3) is 0 Å². The van der Waals surface area contributed by atoms with Crippen LogP contribution in [-0.4, -0.2) is 20.3 Å². The maximum atomic E-state index is 5.95. The predicted octanol–water partition coefficient (Wildman–Crippen LogP) is 3.15. The van der Waals surface area contributed by atoms with Crippen molar-refractivity contribution in [2.75, 3.05) is 20.3 Å². The first-order chi connectivity index (χ1) is 9.79. The van der Waals surface area contributed by atoms with E-state index in [0.29, 0.717) is 6.61 Å². The number of rotatable bonds is 2. The first-order valence-electron chi connectivity index (χ1n) is 6.90. The molecule has 20 heavy (non-hydrogen) atoms. The van der Waals surface area contributed by atoms with Crippen LogP contribution in [0.2, 0.25) is 0 Å². The summed E-state index contributed by atoms with van der Waals surface area (Å²) in [6, 6.07) is 12.5. The molecule has 0 saturated carbocycles. The molecule has 0 amide bonds. The van der Waals surface area contributed by atoms with Gasteiger partial charge in [-0.15, -0.1) is 0 Å². The van der Waals surface area contributed by atoms with Gasteiger partial charge >= 0.3 is 0 Å². The number of methoxy groups -OCH3 is 1. The standard InChI is InChI=1S/C17H19NO2/c1-12-10-14(19-2)6-7-15(12)16-5-3-4-13-11-18-8-9-20-17(13)16/h3-7,10,18H,8-9,11H2,1-2H3. The van der Waals surface area contributed by atoms with Crippen LogP contribution in [-0.2, 0) is 6.54 Å². The molecular weight excluding hydrogens is 250 g/mol. The molecule has 0 aliphatic carbocycles. The maximum Gasteiger partial charge on any atom is 0.131 e. The van der Waals surface area contributed by atoms with E-state index in [0.717, 1.165) is 30.2 Å². The highest BCUT2D eigenvalue weighted by molar-refractivity contribution is 5.75. The van der Waals surface area contributed by atoms with Crippen molar-refractivity contribution in [3.8, 4) is 22.6 Å². The summed E-state index contributed by atoms with van der Waals surface area (Å²) in [6.07, 6.45) is 0. The third-order valence-electron chi connectivity index (χ3n) is 3.66. The minimum absolute atomic E-state index is 0.708. The van der Waals surface area contributed by atoms with Crippen LogP contribution >= 0.6 is 0 Å². The molecular formula is C17H19NO2. The van der Waals surface area contributed by atoms with E-state index in [2.05, 4.69) is 42.6 Å². The number of ether oxygens (including phenoxy) is 2. The van der Waals surface area contributed by atoms with E-state index >= 15 is 0 Å². The van der Waals surface area contributed by atoms with E-state index in [1.165, 1.54) is 16.7 Å². The van der Waals surface area contributed by atoms with Gasteiger partial charge in [0.1, 0.15) is 18.1 Å². The Morgan fingerprint density at radius 1 is 1.15 bits per heavy atom. The highest BCUT2D eigenvalue weighted by Gasteiger charge is 2.15. The Hall–Kier alpha value is -2.00. The van der Waals surface area contributed by atoms with Gasteiger partial charge in [-0.05, 0) is 30.2 Å². The van der Waals surface area contributed by atoms with Gasteiger partial charge in [-0.2, -0.15) is 0 Å². The Morgan fingerprint density at radius 2 is 2.05 bits per heavy atom. The van der Waals surface area contributed by atoms with E-state index in [-0.39, 0.29) is 0 Å². The molecule has 2 aromatic carbocycles. The average molecular weight is 269 g/mol. The SMILES string of the molecule is COc1ccc(-c2cccc3c2OCCNC3)c(C)c1. The number of nitrogens with one attached hydrogen (secondary N) is 1. The monoisotopic (exact) mass is 269 g/mol. The van der Waals surface area contributed by atoms with E-state index in [9.17, 15) is 0 Å². The fourth-order valence-corrected chi connectivity index (χ4v) is 2.62. The second-order valence-electron chi connectivity index (χ2n) is 5.00. The van der Waals surface area contributed by atoms with Crippen LogP contribution in [0.25, 0.3) is 11.1 Å². The van der Waals surface area contributed by atoms with Gasteiger partial charge in [0, 0.05) is 24.2 Å². The molecule has 0 spiro atoms. The minimum atomic E-state index is 0.708. The zero-order valence-electron chi connectivity index (χ0n) is 11.9. The van der Waals surface area contributed by atoms with Crippen molar-refractivity contribution in [2.45, 2.75) is 13.5 Å². The van der Waals surface area contributed by atoms with Crippen LogP contribution in [0.4, 0.5) is 0 Å². The van der Waals surface area contributed by atoms with Gasteiger partial charge in [-0.3, -0.25) is 0 Å². The molecule has 1 aliphatic heterocycles. The zero-order chi connectivity index (χ0) is 13.9. The van der Waals surface area contributed by atoms with Gasteiger partial charge < -0.3 is 14.8 Å². The zero-order valence-corrected chi connectivity index (χ0v) is 11.9. The van der Waals surface area contributed by atoms with Crippen LogP contribution < -0.4 is 14.8 Å². The lowest BCUT2D eigenvalue weighted by Gasteiger charge is -2.15. The van der Waals surface area contributed by atoms with Crippen LogP contribution in [0.1, 0.15) is 11.1 Å². The van der Waals surface area contributed by atoms with Crippen molar-refractivity contribution in [2.24, 2.45) is 0 Å². The second-order valence-corrected chi connectivity index (χ2v) is 5.00. The first kappa shape index (κ1) is 13.0. The first-order valence-corrected chi connectivity index (χ1v) is 6.90. The number of hydrogen-bond acceptors (Lipinski definition) is 3. The largest absolute Gasteiger partial charge is 0.497 e. The Kier molecular flexibility index (Phi) is 3.61. The van der Waals surface area contributed by atoms with Gasteiger partial charge in [0.05, 0.1) is 7.11 Å². The minimum Gasteiger partial charge on any atom is -0.497 e. The van der Waals surface area contributed by atoms with Crippen LogP contribution in [0, 0.1) is 6.92 Å². The van der Waals surface area contributed by atoms with E-state index < -0.39 is 0 Å². The molecule has 0 saturated heterocycles. The molecule has 3 rings (SSSR count). The Labute approximate surface area is 119 Å². The fraction of sp³-hybridized carbons (Fsp3) is 0.294. The lowest BCUT2D eigenvalue weighted by atomic mass is 9.97. The third kappa shape index (κ3) is 2.37. The number of aryl methyl sites for hydroxylation is 1. The summed E-state index contributed by atoms with van der Waals surface area (Å²) in [5, 5.41) is 3.37. The molecule has 1 heterocycles. The van der Waals surface area contributed by atoms with E-state index in [1.807, 2.05) is 6.07 Å². The topological polar surface area (TPSA) is 30.5 Å². The lowest BCUT2D eigenvalue weighted by Crippen LogP contribution is -2.16. The molecule has 0 bridgehead atoms. The molecule has 3 nitrogen and oxygen atoms in total. The van der Waals surface area contributed by atoms with Crippen molar-refractivity contribution < 1.29 is 9.47 Å². The van der Waals surface area contributed by atoms with Crippen molar-refractivity contribution >= 4 is 0 Å². The van der Waals surface area contributed by atoms with Gasteiger partial charge in [0.15, 0.2) is 0 Å². The number of fused-ring (bicyclic) bond motifs is 1. The van der Waals surface area contributed by atoms with Gasteiger partial charge in [-0.1, -0.05) is 24.3 Å². The van der Waals surface area contributed by atoms with Crippen LogP contribution in [0.15, 0.2) is 36.4 Å². The van der Waals surface area contributed by atoms with Crippen LogP contribution in [0.5, 0.6) is 11.5 Å². The molecule has 0 unspecified atom stereocenters. The summed E-state index contributed by atoms with van der Waals surface area (Å²) in [4.78, 5) is 0. The maximum absolute atomic E-state index is 5.95. The molecule has 1 N–H and O–H groups in total. The molecule has 3 heteroatoms. The van der Waals surface area contributed by atoms with Crippen molar-refractivity contribution in [1.29, 1.82) is 0 Å². The van der Waals surface area contributed by atoms with Crippen LogP contribution in [0.3, 0.4) is 0 Å². The summed E-state index contributed by atoms with van der Waals surface area (Å²) in [5.41, 5.74) is 4.77. The predicted molar refractivity (Wildman–Crippen MR) is 80.4 cm³/mol. The number of para-hydroxylation sites is 1. The summed E-state index contributed by atoms with van der Waals surface area (Å²) in [5.74, 6) is 1.89. The Bertz CT molecular complexity index is 622. The molecule has 2 aromatic rings. The average Bonchev–Trinajstić information content (AvgIpc) is 2.72. The second kappa shape index (κ2) is 5.55. The molecule has 0 fully saturated rings. The lowest BCUT2D eigenvalue weighted by molar-refractivity contribution is 0.327. The van der Waals surface area contributed by atoms with E-state index in [4.69, 9.17) is 9.47 Å². The quantitative estimate of drug-likeness (QED) is 0.908. The van der Waals surface area contributed by atoms with Crippen molar-refractivity contribution in [3.05, 3.63) is 47.5 Å². The normalized spacial score (nSPS) is 14.1. The molecule has 0 aromatic heterocycles. The smallest absolute Gasteiger partial charge is 0.131 e. The molecule has 1 aliphatic rings. The number of hydrogen-bond donors (Lipinski definition) is 1. The Morgan fingerprint density at radius 3 is 2.85 bits per heavy atom. The summed E-state index contributed by atoms with van der Waals surface area (Å²) < 4.78 is 11.2. The summed E-state index contributed by atoms with van der Waals surface area (Å²) >= 11 is 0. The summed E-state index contributed by atoms with van der Waals surface area (Å²) in [7, 11) is 1.69. The highest BCUT2D eigenvalue weighted by atomic mass is 16.5. The van der Waals surface area contributed by atoms with E-state index in [1.54, 1.807) is 7.11 Å². The molecule has 104 valence electrons. The fourth-order valence-electron chi connectivity index (χ4n) is 2.62. The van der Waals surface area contributed by atoms with Crippen molar-refractivity contribution in [3.63, 3.8) is 0 Å². The van der Waals surface area contributed by atoms with Gasteiger partial charge in [-0.25, -0.2) is 0 Å². The summed E-state index contributed by atoms with van der Waals surface area (Å²) in [6.45, 7) is 4.56. The van der Waals surface area contributed by atoms with Crippen molar-refractivity contribution in [1.82, 2.24) is 5.32 Å².